The summed E-state index contributed by atoms with van der Waals surface area (Å²) in [6, 6.07) is 0.448. The number of methoxy groups -OCH3 is 1. The van der Waals surface area contributed by atoms with E-state index in [1.165, 1.54) is 5.57 Å². The van der Waals surface area contributed by atoms with E-state index < -0.39 is 8.60 Å². The van der Waals surface area contributed by atoms with Gasteiger partial charge in [0, 0.05) is 31.8 Å². The van der Waals surface area contributed by atoms with Crippen LogP contribution in [0.3, 0.4) is 0 Å². The molecule has 7 nitrogen and oxygen atoms in total. The van der Waals surface area contributed by atoms with Crippen molar-refractivity contribution in [3.8, 4) is 0 Å². The highest BCUT2D eigenvalue weighted by Crippen LogP contribution is 2.42. The quantitative estimate of drug-likeness (QED) is 0.533. The fraction of sp³-hybridized carbons (Fsp3) is 0.882. The van der Waals surface area contributed by atoms with Crippen molar-refractivity contribution < 1.29 is 18.7 Å². The number of ether oxygens (including phenoxy) is 1. The maximum Gasteiger partial charge on any atom is 0.331 e. The van der Waals surface area contributed by atoms with Crippen molar-refractivity contribution in [2.45, 2.75) is 37.8 Å². The lowest BCUT2D eigenvalue weighted by Crippen LogP contribution is -2.40. The monoisotopic (exact) mass is 375 g/mol. The fourth-order valence-electron chi connectivity index (χ4n) is 3.64. The molecular weight excluding hydrogens is 341 g/mol. The molecule has 0 bridgehead atoms. The molecule has 4 atom stereocenters. The number of rotatable bonds is 11. The molecule has 25 heavy (non-hydrogen) atoms. The maximum atomic E-state index is 9.93. The first kappa shape index (κ1) is 21.0. The van der Waals surface area contributed by atoms with Gasteiger partial charge in [0.05, 0.1) is 12.7 Å². The minimum atomic E-state index is -1.82. The fourth-order valence-corrected chi connectivity index (χ4v) is 4.18. The Balaban J connectivity index is 1.85. The summed E-state index contributed by atoms with van der Waals surface area (Å²) in [5.41, 5.74) is 1.46. The second-order valence-corrected chi connectivity index (χ2v) is 8.04. The average molecular weight is 375 g/mol. The van der Waals surface area contributed by atoms with Crippen LogP contribution in [0.5, 0.6) is 0 Å². The van der Waals surface area contributed by atoms with E-state index in [1.807, 2.05) is 33.2 Å². The molecule has 1 fully saturated rings. The molecule has 1 aliphatic carbocycles. The van der Waals surface area contributed by atoms with Crippen molar-refractivity contribution in [1.82, 2.24) is 15.1 Å². The summed E-state index contributed by atoms with van der Waals surface area (Å²) in [7, 11) is 5.92. The third kappa shape index (κ3) is 6.43. The second kappa shape index (κ2) is 10.8. The normalized spacial score (nSPS) is 27.5. The van der Waals surface area contributed by atoms with Crippen molar-refractivity contribution in [1.29, 1.82) is 0 Å². The van der Waals surface area contributed by atoms with Crippen molar-refractivity contribution in [2.75, 3.05) is 54.7 Å². The summed E-state index contributed by atoms with van der Waals surface area (Å²) in [6.45, 7) is 2.59. The van der Waals surface area contributed by atoms with Gasteiger partial charge >= 0.3 is 8.60 Å². The van der Waals surface area contributed by atoms with Crippen LogP contribution in [-0.4, -0.2) is 81.5 Å². The lowest BCUT2D eigenvalue weighted by atomic mass is 9.79. The predicted molar refractivity (Wildman–Crippen MR) is 100.0 cm³/mol. The van der Waals surface area contributed by atoms with Crippen molar-refractivity contribution >= 4 is 8.60 Å². The van der Waals surface area contributed by atoms with Crippen LogP contribution in [0.15, 0.2) is 11.8 Å². The van der Waals surface area contributed by atoms with Gasteiger partial charge in [-0.05, 0) is 58.9 Å². The van der Waals surface area contributed by atoms with Crippen LogP contribution in [0.25, 0.3) is 0 Å². The standard InChI is InChI=1S/C17H34N3O4P/c1-18-8-7-14-12-20(13-24-25(21)23-10-9-19(2)3)17-6-5-15(22-4)11-16(14)17/h12,15-18,21H,5-11,13H2,1-4H3. The van der Waals surface area contributed by atoms with Crippen LogP contribution in [0.2, 0.25) is 0 Å². The molecule has 0 spiro atoms. The average Bonchev–Trinajstić information content (AvgIpc) is 2.94. The third-order valence-electron chi connectivity index (χ3n) is 5.05. The van der Waals surface area contributed by atoms with Gasteiger partial charge in [-0.15, -0.1) is 0 Å². The molecule has 2 N–H and O–H groups in total. The molecule has 4 unspecified atom stereocenters. The lowest BCUT2D eigenvalue weighted by Gasteiger charge is -2.37. The molecule has 1 aliphatic heterocycles. The molecule has 0 aromatic rings. The number of fused-ring (bicyclic) bond motifs is 1. The highest BCUT2D eigenvalue weighted by atomic mass is 31.2. The van der Waals surface area contributed by atoms with Gasteiger partial charge in [0.1, 0.15) is 6.73 Å². The maximum absolute atomic E-state index is 9.93. The minimum absolute atomic E-state index is 0.351. The zero-order valence-electron chi connectivity index (χ0n) is 16.0. The van der Waals surface area contributed by atoms with Crippen LogP contribution in [0.1, 0.15) is 25.7 Å². The molecular formula is C17H34N3O4P. The molecule has 0 aromatic carbocycles. The Hall–Kier alpha value is -0.270. The van der Waals surface area contributed by atoms with Gasteiger partial charge in [0.25, 0.3) is 0 Å². The minimum Gasteiger partial charge on any atom is -0.381 e. The van der Waals surface area contributed by atoms with Gasteiger partial charge in [-0.3, -0.25) is 4.52 Å². The van der Waals surface area contributed by atoms with Crippen LogP contribution in [0, 0.1) is 5.92 Å². The van der Waals surface area contributed by atoms with Crippen LogP contribution in [-0.2, 0) is 13.8 Å². The first-order valence-corrected chi connectivity index (χ1v) is 10.2. The molecule has 2 aliphatic rings. The van der Waals surface area contributed by atoms with Crippen molar-refractivity contribution in [3.63, 3.8) is 0 Å². The zero-order valence-corrected chi connectivity index (χ0v) is 16.9. The number of hydrogen-bond donors (Lipinski definition) is 2. The first-order valence-electron chi connectivity index (χ1n) is 9.08. The van der Waals surface area contributed by atoms with E-state index in [1.54, 1.807) is 0 Å². The highest BCUT2D eigenvalue weighted by molar-refractivity contribution is 7.40. The zero-order chi connectivity index (χ0) is 18.2. The molecule has 0 amide bonds. The molecule has 0 saturated heterocycles. The largest absolute Gasteiger partial charge is 0.381 e. The summed E-state index contributed by atoms with van der Waals surface area (Å²) in [4.78, 5) is 14.2. The Kier molecular flexibility index (Phi) is 9.07. The van der Waals surface area contributed by atoms with Gasteiger partial charge in [0.2, 0.25) is 0 Å². The summed E-state index contributed by atoms with van der Waals surface area (Å²) >= 11 is 0. The van der Waals surface area contributed by atoms with E-state index in [9.17, 15) is 4.89 Å². The van der Waals surface area contributed by atoms with E-state index in [0.717, 1.165) is 38.8 Å². The number of nitrogens with one attached hydrogen (secondary N) is 1. The van der Waals surface area contributed by atoms with E-state index in [4.69, 9.17) is 13.8 Å². The summed E-state index contributed by atoms with van der Waals surface area (Å²) in [5, 5.41) is 3.23. The summed E-state index contributed by atoms with van der Waals surface area (Å²) in [5.74, 6) is 0.523. The predicted octanol–water partition coefficient (Wildman–Crippen LogP) is 1.75. The van der Waals surface area contributed by atoms with Gasteiger partial charge < -0.3 is 29.3 Å². The van der Waals surface area contributed by atoms with E-state index in [-0.39, 0.29) is 0 Å². The molecule has 2 rings (SSSR count). The Morgan fingerprint density at radius 3 is 2.84 bits per heavy atom. The van der Waals surface area contributed by atoms with Crippen LogP contribution in [0.4, 0.5) is 0 Å². The first-order chi connectivity index (χ1) is 12.0. The smallest absolute Gasteiger partial charge is 0.331 e. The summed E-state index contributed by atoms with van der Waals surface area (Å²) in [6.07, 6.45) is 6.86. The Labute approximate surface area is 153 Å². The van der Waals surface area contributed by atoms with E-state index in [0.29, 0.717) is 31.4 Å². The van der Waals surface area contributed by atoms with Crippen molar-refractivity contribution in [3.05, 3.63) is 11.8 Å². The Morgan fingerprint density at radius 2 is 2.16 bits per heavy atom. The Morgan fingerprint density at radius 1 is 1.36 bits per heavy atom. The molecule has 0 aromatic heterocycles. The topological polar surface area (TPSA) is 66.4 Å². The van der Waals surface area contributed by atoms with Crippen LogP contribution < -0.4 is 5.32 Å². The SMILES string of the molecule is CNCCC1=CN(COP(O)OCCN(C)C)C2CCC(OC)CC12. The molecule has 1 heterocycles. The number of hydrogen-bond acceptors (Lipinski definition) is 7. The number of likely N-dealkylation sites (N-methyl/N-ethyl adjacent to an activating group) is 1. The molecule has 8 heteroatoms. The van der Waals surface area contributed by atoms with Gasteiger partial charge in [0.15, 0.2) is 0 Å². The number of nitrogens with zero attached hydrogens (tertiary/aromatic N) is 2. The van der Waals surface area contributed by atoms with Gasteiger partial charge in [-0.1, -0.05) is 0 Å². The molecule has 1 saturated carbocycles. The third-order valence-corrected chi connectivity index (χ3v) is 5.79. The van der Waals surface area contributed by atoms with Crippen LogP contribution >= 0.6 is 8.60 Å². The lowest BCUT2D eigenvalue weighted by molar-refractivity contribution is 0.0188. The van der Waals surface area contributed by atoms with E-state index >= 15 is 0 Å². The van der Waals surface area contributed by atoms with Gasteiger partial charge in [-0.2, -0.15) is 0 Å². The van der Waals surface area contributed by atoms with E-state index in [2.05, 4.69) is 16.4 Å². The van der Waals surface area contributed by atoms with Gasteiger partial charge in [-0.25, -0.2) is 0 Å². The second-order valence-electron chi connectivity index (χ2n) is 7.05. The summed E-state index contributed by atoms with van der Waals surface area (Å²) < 4.78 is 16.5. The molecule has 146 valence electrons. The van der Waals surface area contributed by atoms with Crippen molar-refractivity contribution in [2.24, 2.45) is 5.92 Å². The Bertz CT molecular complexity index is 425. The molecule has 0 radical (unpaired) electrons. The highest BCUT2D eigenvalue weighted by Gasteiger charge is 2.39.